The molecule has 1 heterocycles. The van der Waals surface area contributed by atoms with Crippen molar-refractivity contribution in [1.82, 2.24) is 9.78 Å². The number of guanidine groups is 1. The molecule has 0 saturated carbocycles. The number of hydrogen-bond donors (Lipinski definition) is 2. The summed E-state index contributed by atoms with van der Waals surface area (Å²) in [6.45, 7) is 0. The Hall–Kier alpha value is -4.81. The minimum atomic E-state index is -0.718. The van der Waals surface area contributed by atoms with Gasteiger partial charge in [-0.15, -0.1) is 5.10 Å². The normalized spacial score (nSPS) is 10.7. The van der Waals surface area contributed by atoms with Crippen LogP contribution in [0.25, 0.3) is 16.9 Å². The molecular formula is C18H16N8O5. The first-order valence-electron chi connectivity index (χ1n) is 8.59. The predicted molar refractivity (Wildman–Crippen MR) is 112 cm³/mol. The Kier molecular flexibility index (Phi) is 5.86. The van der Waals surface area contributed by atoms with E-state index < -0.39 is 21.2 Å². The van der Waals surface area contributed by atoms with Crippen molar-refractivity contribution in [1.29, 1.82) is 0 Å². The number of methoxy groups -OCH3 is 1. The van der Waals surface area contributed by atoms with Crippen molar-refractivity contribution in [2.24, 2.45) is 21.7 Å². The van der Waals surface area contributed by atoms with Crippen LogP contribution in [0, 0.1) is 20.2 Å². The van der Waals surface area contributed by atoms with Crippen molar-refractivity contribution in [2.75, 3.05) is 7.11 Å². The molecule has 0 fully saturated rings. The van der Waals surface area contributed by atoms with Crippen molar-refractivity contribution in [3.63, 3.8) is 0 Å². The lowest BCUT2D eigenvalue weighted by molar-refractivity contribution is -0.394. The lowest BCUT2D eigenvalue weighted by atomic mass is 10.1. The van der Waals surface area contributed by atoms with Gasteiger partial charge in [-0.1, -0.05) is 0 Å². The van der Waals surface area contributed by atoms with E-state index in [2.05, 4.69) is 15.3 Å². The molecule has 0 unspecified atom stereocenters. The molecule has 31 heavy (non-hydrogen) atoms. The average molecular weight is 424 g/mol. The molecule has 2 aromatic carbocycles. The summed E-state index contributed by atoms with van der Waals surface area (Å²) in [7, 11) is 1.53. The van der Waals surface area contributed by atoms with Crippen LogP contribution >= 0.6 is 0 Å². The molecule has 4 N–H and O–H groups in total. The third-order valence-corrected chi connectivity index (χ3v) is 4.09. The summed E-state index contributed by atoms with van der Waals surface area (Å²) >= 11 is 0. The van der Waals surface area contributed by atoms with Gasteiger partial charge in [0, 0.05) is 23.4 Å². The van der Waals surface area contributed by atoms with Crippen molar-refractivity contribution in [3.8, 4) is 22.7 Å². The summed E-state index contributed by atoms with van der Waals surface area (Å²) in [5.74, 6) is 0.380. The first-order chi connectivity index (χ1) is 14.8. The molecule has 3 aromatic rings. The van der Waals surface area contributed by atoms with Crippen LogP contribution in [-0.4, -0.2) is 38.9 Å². The summed E-state index contributed by atoms with van der Waals surface area (Å²) in [4.78, 5) is 21.1. The zero-order valence-electron chi connectivity index (χ0n) is 16.1. The quantitative estimate of drug-likeness (QED) is 0.249. The van der Waals surface area contributed by atoms with Crippen LogP contribution in [0.1, 0.15) is 5.56 Å². The molecule has 0 aliphatic rings. The van der Waals surface area contributed by atoms with Gasteiger partial charge in [-0.2, -0.15) is 10.2 Å². The van der Waals surface area contributed by atoms with Gasteiger partial charge in [0.15, 0.2) is 0 Å². The van der Waals surface area contributed by atoms with Gasteiger partial charge in [0.25, 0.3) is 5.69 Å². The SMILES string of the molecule is COc1ccc(-c2nn(-c3ccc([N+](=O)[O-])cc3[N+](=O)[O-])cc2/C=N/N=C(N)N)cc1. The molecule has 0 atom stereocenters. The molecule has 0 saturated heterocycles. The van der Waals surface area contributed by atoms with E-state index >= 15 is 0 Å². The van der Waals surface area contributed by atoms with E-state index in [1.54, 1.807) is 24.3 Å². The van der Waals surface area contributed by atoms with Crippen LogP contribution < -0.4 is 16.2 Å². The maximum Gasteiger partial charge on any atom is 0.301 e. The molecular weight excluding hydrogens is 408 g/mol. The first-order valence-corrected chi connectivity index (χ1v) is 8.59. The molecule has 0 aliphatic heterocycles. The molecule has 13 heteroatoms. The third-order valence-electron chi connectivity index (χ3n) is 4.09. The zero-order valence-corrected chi connectivity index (χ0v) is 16.1. The number of non-ortho nitro benzene ring substituents is 1. The number of nitrogens with two attached hydrogens (primary N) is 2. The van der Waals surface area contributed by atoms with Gasteiger partial charge in [-0.25, -0.2) is 4.68 Å². The second-order valence-corrected chi connectivity index (χ2v) is 6.06. The van der Waals surface area contributed by atoms with Crippen molar-refractivity contribution in [2.45, 2.75) is 0 Å². The van der Waals surface area contributed by atoms with Crippen molar-refractivity contribution < 1.29 is 14.6 Å². The van der Waals surface area contributed by atoms with Gasteiger partial charge in [-0.3, -0.25) is 20.2 Å². The minimum Gasteiger partial charge on any atom is -0.497 e. The maximum absolute atomic E-state index is 11.5. The fraction of sp³-hybridized carbons (Fsp3) is 0.0556. The van der Waals surface area contributed by atoms with Crippen molar-refractivity contribution in [3.05, 3.63) is 74.5 Å². The summed E-state index contributed by atoms with van der Waals surface area (Å²) in [5, 5.41) is 34.2. The summed E-state index contributed by atoms with van der Waals surface area (Å²) in [5.41, 5.74) is 11.2. The summed E-state index contributed by atoms with van der Waals surface area (Å²) < 4.78 is 6.38. The number of nitrogens with zero attached hydrogens (tertiary/aromatic N) is 6. The highest BCUT2D eigenvalue weighted by atomic mass is 16.6. The fourth-order valence-electron chi connectivity index (χ4n) is 2.70. The topological polar surface area (TPSA) is 190 Å². The molecule has 1 aromatic heterocycles. The maximum atomic E-state index is 11.5. The molecule has 0 spiro atoms. The Balaban J connectivity index is 2.17. The number of nitro groups is 2. The van der Waals surface area contributed by atoms with Crippen LogP contribution in [-0.2, 0) is 0 Å². The van der Waals surface area contributed by atoms with E-state index in [0.29, 0.717) is 22.6 Å². The minimum absolute atomic E-state index is 0.0341. The zero-order chi connectivity index (χ0) is 22.5. The fourth-order valence-corrected chi connectivity index (χ4v) is 2.70. The van der Waals surface area contributed by atoms with E-state index in [-0.39, 0.29) is 11.6 Å². The van der Waals surface area contributed by atoms with Gasteiger partial charge in [-0.05, 0) is 30.3 Å². The highest BCUT2D eigenvalue weighted by molar-refractivity contribution is 5.89. The van der Waals surface area contributed by atoms with Gasteiger partial charge in [0.05, 0.1) is 29.2 Å². The first kappa shape index (κ1) is 20.9. The van der Waals surface area contributed by atoms with Crippen LogP contribution in [0.2, 0.25) is 0 Å². The van der Waals surface area contributed by atoms with E-state index in [1.807, 2.05) is 0 Å². The number of ether oxygens (including phenoxy) is 1. The third kappa shape index (κ3) is 4.61. The van der Waals surface area contributed by atoms with E-state index in [4.69, 9.17) is 16.2 Å². The molecule has 0 bridgehead atoms. The Morgan fingerprint density at radius 2 is 1.84 bits per heavy atom. The van der Waals surface area contributed by atoms with E-state index in [9.17, 15) is 20.2 Å². The Morgan fingerprint density at radius 3 is 2.42 bits per heavy atom. The lowest BCUT2D eigenvalue weighted by Crippen LogP contribution is -2.21. The Morgan fingerprint density at radius 1 is 1.13 bits per heavy atom. The van der Waals surface area contributed by atoms with Gasteiger partial charge < -0.3 is 16.2 Å². The smallest absolute Gasteiger partial charge is 0.301 e. The Bertz CT molecular complexity index is 1200. The number of benzene rings is 2. The second-order valence-electron chi connectivity index (χ2n) is 6.06. The van der Waals surface area contributed by atoms with Gasteiger partial charge >= 0.3 is 5.69 Å². The summed E-state index contributed by atoms with van der Waals surface area (Å²) in [6, 6.07) is 10.2. The molecule has 158 valence electrons. The predicted octanol–water partition coefficient (Wildman–Crippen LogP) is 1.97. The largest absolute Gasteiger partial charge is 0.497 e. The van der Waals surface area contributed by atoms with Crippen LogP contribution in [0.4, 0.5) is 11.4 Å². The molecule has 0 radical (unpaired) electrons. The number of aromatic nitrogens is 2. The summed E-state index contributed by atoms with van der Waals surface area (Å²) in [6.07, 6.45) is 2.81. The van der Waals surface area contributed by atoms with Crippen LogP contribution in [0.15, 0.2) is 58.9 Å². The monoisotopic (exact) mass is 424 g/mol. The van der Waals surface area contributed by atoms with Gasteiger partial charge in [0.2, 0.25) is 5.96 Å². The number of nitro benzene ring substituents is 2. The molecule has 3 rings (SSSR count). The highest BCUT2D eigenvalue weighted by Gasteiger charge is 2.22. The average Bonchev–Trinajstić information content (AvgIpc) is 3.17. The van der Waals surface area contributed by atoms with E-state index in [1.165, 1.54) is 30.3 Å². The standard InChI is InChI=1S/C18H16N8O5/c1-31-14-5-2-11(3-6-14)17-12(9-21-22-18(19)20)10-24(23-17)15-7-4-13(25(27)28)8-16(15)26(29)30/h2-10H,1H3,(H4,19,20,22)/b21-9+. The van der Waals surface area contributed by atoms with E-state index in [0.717, 1.165) is 12.1 Å². The number of hydrogen-bond acceptors (Lipinski definition) is 8. The van der Waals surface area contributed by atoms with Crippen LogP contribution in [0.5, 0.6) is 5.75 Å². The molecule has 0 aliphatic carbocycles. The molecule has 13 nitrogen and oxygen atoms in total. The number of rotatable bonds is 7. The second kappa shape index (κ2) is 8.69. The highest BCUT2D eigenvalue weighted by Crippen LogP contribution is 2.30. The van der Waals surface area contributed by atoms with Gasteiger partial charge in [0.1, 0.15) is 17.1 Å². The van der Waals surface area contributed by atoms with Crippen LogP contribution in [0.3, 0.4) is 0 Å². The Labute approximate surface area is 174 Å². The lowest BCUT2D eigenvalue weighted by Gasteiger charge is -2.03. The molecule has 0 amide bonds. The van der Waals surface area contributed by atoms with Crippen molar-refractivity contribution >= 4 is 23.5 Å².